The topological polar surface area (TPSA) is 41.5 Å². The molecule has 0 saturated carbocycles. The van der Waals surface area contributed by atoms with E-state index in [0.717, 1.165) is 27.0 Å². The quantitative estimate of drug-likeness (QED) is 0.484. The summed E-state index contributed by atoms with van der Waals surface area (Å²) in [6, 6.07) is 24.1. The van der Waals surface area contributed by atoms with E-state index in [0.29, 0.717) is 6.42 Å². The van der Waals surface area contributed by atoms with Gasteiger partial charge in [-0.25, -0.2) is 0 Å². The summed E-state index contributed by atoms with van der Waals surface area (Å²) in [5, 5.41) is 14.3. The van der Waals surface area contributed by atoms with Crippen LogP contribution in [0, 0.1) is 6.92 Å². The lowest BCUT2D eigenvalue weighted by molar-refractivity contribution is 0.160. The van der Waals surface area contributed by atoms with Crippen molar-refractivity contribution in [3.05, 3.63) is 94.0 Å². The van der Waals surface area contributed by atoms with Crippen LogP contribution >= 0.6 is 15.9 Å². The minimum absolute atomic E-state index is 0.0303. The van der Waals surface area contributed by atoms with Crippen LogP contribution in [0.5, 0.6) is 5.75 Å². The van der Waals surface area contributed by atoms with Gasteiger partial charge in [-0.15, -0.1) is 0 Å². The highest BCUT2D eigenvalue weighted by molar-refractivity contribution is 9.10. The molecule has 0 aliphatic carbocycles. The van der Waals surface area contributed by atoms with Gasteiger partial charge in [-0.1, -0.05) is 57.9 Å². The maximum atomic E-state index is 10.8. The summed E-state index contributed by atoms with van der Waals surface area (Å²) in [4.78, 5) is 0. The summed E-state index contributed by atoms with van der Waals surface area (Å²) in [7, 11) is 1.66. The number of benzene rings is 3. The van der Waals surface area contributed by atoms with Crippen molar-refractivity contribution in [2.75, 3.05) is 12.4 Å². The number of hydrogen-bond acceptors (Lipinski definition) is 3. The summed E-state index contributed by atoms with van der Waals surface area (Å²) >= 11 is 3.44. The number of halogens is 1. The van der Waals surface area contributed by atoms with Gasteiger partial charge >= 0.3 is 0 Å². The third kappa shape index (κ3) is 5.34. The molecule has 140 valence electrons. The molecule has 0 saturated heterocycles. The van der Waals surface area contributed by atoms with E-state index in [1.165, 1.54) is 5.56 Å². The monoisotopic (exact) mass is 425 g/mol. The molecule has 3 nitrogen and oxygen atoms in total. The molecule has 2 N–H and O–H groups in total. The summed E-state index contributed by atoms with van der Waals surface area (Å²) in [6.07, 6.45) is -0.00915. The van der Waals surface area contributed by atoms with E-state index in [1.807, 2.05) is 48.5 Å². The van der Waals surface area contributed by atoms with Gasteiger partial charge in [0.25, 0.3) is 0 Å². The zero-order valence-electron chi connectivity index (χ0n) is 15.5. The first-order valence-corrected chi connectivity index (χ1v) is 9.75. The van der Waals surface area contributed by atoms with Gasteiger partial charge in [0.05, 0.1) is 19.3 Å². The van der Waals surface area contributed by atoms with Crippen LogP contribution in [0.25, 0.3) is 0 Å². The van der Waals surface area contributed by atoms with Gasteiger partial charge in [0.1, 0.15) is 5.75 Å². The lowest BCUT2D eigenvalue weighted by atomic mass is 9.96. The molecule has 0 fully saturated rings. The first-order chi connectivity index (χ1) is 13.0. The molecule has 2 atom stereocenters. The number of ether oxygens (including phenoxy) is 1. The Kier molecular flexibility index (Phi) is 6.54. The number of anilines is 1. The largest absolute Gasteiger partial charge is 0.497 e. The Morgan fingerprint density at radius 3 is 2.07 bits per heavy atom. The molecule has 0 bridgehead atoms. The van der Waals surface area contributed by atoms with Crippen molar-refractivity contribution in [2.24, 2.45) is 0 Å². The van der Waals surface area contributed by atoms with Crippen LogP contribution in [0.3, 0.4) is 0 Å². The molecule has 0 amide bonds. The Hall–Kier alpha value is -2.30. The fraction of sp³-hybridized carbons (Fsp3) is 0.217. The van der Waals surface area contributed by atoms with Gasteiger partial charge < -0.3 is 15.2 Å². The van der Waals surface area contributed by atoms with Crippen molar-refractivity contribution < 1.29 is 9.84 Å². The lowest BCUT2D eigenvalue weighted by Gasteiger charge is -2.24. The third-order valence-electron chi connectivity index (χ3n) is 4.62. The van der Waals surface area contributed by atoms with Gasteiger partial charge in [-0.2, -0.15) is 0 Å². The van der Waals surface area contributed by atoms with Crippen LogP contribution in [-0.2, 0) is 0 Å². The van der Waals surface area contributed by atoms with Crippen LogP contribution in [0.2, 0.25) is 0 Å². The smallest absolute Gasteiger partial charge is 0.118 e. The standard InChI is InChI=1S/C23H24BrNO2/c1-16-3-11-20(12-4-16)25-22(17-7-13-21(27-2)14-8-17)15-23(26)18-5-9-19(24)10-6-18/h3-14,22-23,25-26H,15H2,1-2H3. The average Bonchev–Trinajstić information content (AvgIpc) is 2.69. The highest BCUT2D eigenvalue weighted by Crippen LogP contribution is 2.31. The van der Waals surface area contributed by atoms with Crippen molar-refractivity contribution in [1.82, 2.24) is 0 Å². The van der Waals surface area contributed by atoms with Crippen LogP contribution in [0.4, 0.5) is 5.69 Å². The van der Waals surface area contributed by atoms with E-state index in [4.69, 9.17) is 4.74 Å². The normalized spacial score (nSPS) is 13.0. The van der Waals surface area contributed by atoms with E-state index in [2.05, 4.69) is 52.4 Å². The van der Waals surface area contributed by atoms with Crippen LogP contribution in [-0.4, -0.2) is 12.2 Å². The van der Waals surface area contributed by atoms with Crippen molar-refractivity contribution in [3.8, 4) is 5.75 Å². The number of methoxy groups -OCH3 is 1. The summed E-state index contributed by atoms with van der Waals surface area (Å²) in [5.74, 6) is 0.821. The maximum Gasteiger partial charge on any atom is 0.118 e. The second-order valence-corrected chi connectivity index (χ2v) is 7.55. The molecule has 27 heavy (non-hydrogen) atoms. The number of aliphatic hydroxyl groups is 1. The summed E-state index contributed by atoms with van der Waals surface area (Å²) in [5.41, 5.74) is 4.26. The van der Waals surface area contributed by atoms with E-state index in [1.54, 1.807) is 7.11 Å². The summed E-state index contributed by atoms with van der Waals surface area (Å²) in [6.45, 7) is 2.07. The van der Waals surface area contributed by atoms with Crippen molar-refractivity contribution in [1.29, 1.82) is 0 Å². The summed E-state index contributed by atoms with van der Waals surface area (Å²) < 4.78 is 6.27. The Morgan fingerprint density at radius 2 is 1.48 bits per heavy atom. The highest BCUT2D eigenvalue weighted by atomic mass is 79.9. The van der Waals surface area contributed by atoms with Gasteiger partial charge in [-0.05, 0) is 54.4 Å². The zero-order chi connectivity index (χ0) is 19.2. The molecular formula is C23H24BrNO2. The van der Waals surface area contributed by atoms with Gasteiger partial charge in [0, 0.05) is 16.6 Å². The molecule has 0 spiro atoms. The Balaban J connectivity index is 1.83. The fourth-order valence-corrected chi connectivity index (χ4v) is 3.27. The first kappa shape index (κ1) is 19.5. The van der Waals surface area contributed by atoms with Crippen molar-refractivity contribution >= 4 is 21.6 Å². The molecule has 0 aliphatic rings. The number of rotatable bonds is 7. The van der Waals surface area contributed by atoms with E-state index in [9.17, 15) is 5.11 Å². The van der Waals surface area contributed by atoms with Gasteiger partial charge in [0.2, 0.25) is 0 Å². The Morgan fingerprint density at radius 1 is 0.889 bits per heavy atom. The first-order valence-electron chi connectivity index (χ1n) is 8.96. The van der Waals surface area contributed by atoms with Crippen molar-refractivity contribution in [3.63, 3.8) is 0 Å². The molecule has 3 aromatic rings. The molecule has 3 aromatic carbocycles. The molecule has 2 unspecified atom stereocenters. The zero-order valence-corrected chi connectivity index (χ0v) is 17.1. The average molecular weight is 426 g/mol. The molecule has 4 heteroatoms. The number of hydrogen-bond donors (Lipinski definition) is 2. The minimum atomic E-state index is -0.567. The molecule has 0 aliphatic heterocycles. The second-order valence-electron chi connectivity index (χ2n) is 6.64. The second kappa shape index (κ2) is 9.07. The van der Waals surface area contributed by atoms with Gasteiger partial charge in [0.15, 0.2) is 0 Å². The van der Waals surface area contributed by atoms with E-state index < -0.39 is 6.10 Å². The molecule has 0 heterocycles. The minimum Gasteiger partial charge on any atom is -0.497 e. The van der Waals surface area contributed by atoms with E-state index >= 15 is 0 Å². The van der Waals surface area contributed by atoms with Crippen LogP contribution in [0.1, 0.15) is 35.3 Å². The highest BCUT2D eigenvalue weighted by Gasteiger charge is 2.18. The third-order valence-corrected chi connectivity index (χ3v) is 5.15. The fourth-order valence-electron chi connectivity index (χ4n) is 3.01. The van der Waals surface area contributed by atoms with Crippen LogP contribution in [0.15, 0.2) is 77.3 Å². The van der Waals surface area contributed by atoms with Crippen molar-refractivity contribution in [2.45, 2.75) is 25.5 Å². The molecule has 0 radical (unpaired) electrons. The van der Waals surface area contributed by atoms with Gasteiger partial charge in [-0.3, -0.25) is 0 Å². The SMILES string of the molecule is COc1ccc(C(CC(O)c2ccc(Br)cc2)Nc2ccc(C)cc2)cc1. The predicted molar refractivity (Wildman–Crippen MR) is 114 cm³/mol. The Bertz CT molecular complexity index is 845. The number of aryl methyl sites for hydroxylation is 1. The lowest BCUT2D eigenvalue weighted by Crippen LogP contribution is -2.15. The van der Waals surface area contributed by atoms with E-state index in [-0.39, 0.29) is 6.04 Å². The molecular weight excluding hydrogens is 402 g/mol. The number of nitrogens with one attached hydrogen (secondary N) is 1. The molecule has 3 rings (SSSR count). The predicted octanol–water partition coefficient (Wildman–Crippen LogP) is 6.04. The number of aliphatic hydroxyl groups excluding tert-OH is 1. The maximum absolute atomic E-state index is 10.8. The Labute approximate surface area is 169 Å². The molecule has 0 aromatic heterocycles. The van der Waals surface area contributed by atoms with Crippen LogP contribution < -0.4 is 10.1 Å².